The van der Waals surface area contributed by atoms with Crippen molar-refractivity contribution in [3.8, 4) is 0 Å². The van der Waals surface area contributed by atoms with Gasteiger partial charge in [0.05, 0.1) is 4.90 Å². The van der Waals surface area contributed by atoms with Gasteiger partial charge in [-0.15, -0.1) is 0 Å². The molecule has 13 heavy (non-hydrogen) atoms. The maximum absolute atomic E-state index is 10.7. The Morgan fingerprint density at radius 2 is 1.85 bits per heavy atom. The molecule has 0 aromatic heterocycles. The van der Waals surface area contributed by atoms with Crippen LogP contribution in [0.25, 0.3) is 0 Å². The van der Waals surface area contributed by atoms with Crippen LogP contribution in [0.5, 0.6) is 0 Å². The molecule has 3 nitrogen and oxygen atoms in total. The van der Waals surface area contributed by atoms with Crippen LogP contribution < -0.4 is 0 Å². The summed E-state index contributed by atoms with van der Waals surface area (Å²) in [6, 6.07) is 6.28. The summed E-state index contributed by atoms with van der Waals surface area (Å²) >= 11 is 3.13. The molecular weight excluding hydrogens is 267 g/mol. The third-order valence-corrected chi connectivity index (χ3v) is 2.95. The van der Waals surface area contributed by atoms with E-state index in [1.165, 1.54) is 6.07 Å². The average molecular weight is 275 g/mol. The summed E-state index contributed by atoms with van der Waals surface area (Å²) in [4.78, 5) is -0.0399. The van der Waals surface area contributed by atoms with E-state index >= 15 is 0 Å². The molecule has 0 saturated heterocycles. The molecule has 0 aliphatic carbocycles. The molecule has 1 aromatic rings. The van der Waals surface area contributed by atoms with Crippen molar-refractivity contribution in [3.05, 3.63) is 29.8 Å². The third-order valence-electron chi connectivity index (χ3n) is 1.39. The van der Waals surface area contributed by atoms with Crippen LogP contribution >= 0.6 is 15.9 Å². The fraction of sp³-hybridized carbons (Fsp3) is 0.143. The van der Waals surface area contributed by atoms with E-state index in [9.17, 15) is 8.42 Å². The SMILES string of the molecule is O=S(=O)(O)c1ccccc1CBr.[NaH]. The molecule has 0 unspecified atom stereocenters. The summed E-state index contributed by atoms with van der Waals surface area (Å²) in [5.41, 5.74) is 0.556. The fourth-order valence-electron chi connectivity index (χ4n) is 0.866. The van der Waals surface area contributed by atoms with Crippen LogP contribution in [-0.4, -0.2) is 42.5 Å². The van der Waals surface area contributed by atoms with Crippen molar-refractivity contribution in [1.82, 2.24) is 0 Å². The Kier molecular flexibility index (Phi) is 5.74. The Hall–Kier alpha value is 0.610. The van der Waals surface area contributed by atoms with Crippen LogP contribution in [-0.2, 0) is 15.4 Å². The molecule has 0 heterocycles. The number of hydrogen-bond acceptors (Lipinski definition) is 2. The van der Waals surface area contributed by atoms with Crippen molar-refractivity contribution < 1.29 is 13.0 Å². The van der Waals surface area contributed by atoms with E-state index in [0.717, 1.165) is 0 Å². The molecule has 0 saturated carbocycles. The van der Waals surface area contributed by atoms with E-state index in [4.69, 9.17) is 4.55 Å². The van der Waals surface area contributed by atoms with Crippen molar-refractivity contribution in [1.29, 1.82) is 0 Å². The Morgan fingerprint density at radius 1 is 1.31 bits per heavy atom. The first-order valence-electron chi connectivity index (χ1n) is 3.17. The van der Waals surface area contributed by atoms with E-state index in [2.05, 4.69) is 15.9 Å². The fourth-order valence-corrected chi connectivity index (χ4v) is 2.26. The number of rotatable bonds is 2. The third kappa shape index (κ3) is 3.69. The van der Waals surface area contributed by atoms with Gasteiger partial charge in [0.1, 0.15) is 0 Å². The number of benzene rings is 1. The van der Waals surface area contributed by atoms with Crippen LogP contribution in [0, 0.1) is 0 Å². The quantitative estimate of drug-likeness (QED) is 0.501. The maximum atomic E-state index is 10.7. The van der Waals surface area contributed by atoms with E-state index in [1.54, 1.807) is 18.2 Å². The van der Waals surface area contributed by atoms with Crippen LogP contribution in [0.4, 0.5) is 0 Å². The number of alkyl halides is 1. The van der Waals surface area contributed by atoms with Gasteiger partial charge in [-0.2, -0.15) is 8.42 Å². The Morgan fingerprint density at radius 3 is 2.23 bits per heavy atom. The molecule has 0 aliphatic rings. The first-order chi connectivity index (χ1) is 5.55. The van der Waals surface area contributed by atoms with Gasteiger partial charge in [0.2, 0.25) is 0 Å². The second-order valence-corrected chi connectivity index (χ2v) is 4.17. The molecule has 1 rings (SSSR count). The summed E-state index contributed by atoms with van der Waals surface area (Å²) in [6.07, 6.45) is 0. The summed E-state index contributed by atoms with van der Waals surface area (Å²) in [7, 11) is -4.08. The predicted octanol–water partition coefficient (Wildman–Crippen LogP) is 1.18. The van der Waals surface area contributed by atoms with Crippen LogP contribution in [0.15, 0.2) is 29.2 Å². The van der Waals surface area contributed by atoms with Crippen LogP contribution in [0.3, 0.4) is 0 Å². The second kappa shape index (κ2) is 5.48. The minimum atomic E-state index is -4.08. The Bertz CT molecular complexity index is 377. The number of hydrogen-bond donors (Lipinski definition) is 1. The van der Waals surface area contributed by atoms with Gasteiger partial charge in [0, 0.05) is 5.33 Å². The van der Waals surface area contributed by atoms with E-state index in [1.807, 2.05) is 0 Å². The predicted molar refractivity (Wildman–Crippen MR) is 56.0 cm³/mol. The first kappa shape index (κ1) is 13.6. The van der Waals surface area contributed by atoms with Crippen LogP contribution in [0.1, 0.15) is 5.56 Å². The van der Waals surface area contributed by atoms with Crippen molar-refractivity contribution in [2.75, 3.05) is 0 Å². The van der Waals surface area contributed by atoms with Gasteiger partial charge in [0.25, 0.3) is 10.1 Å². The zero-order valence-corrected chi connectivity index (χ0v) is 8.47. The van der Waals surface area contributed by atoms with E-state index in [0.29, 0.717) is 10.9 Å². The van der Waals surface area contributed by atoms with Gasteiger partial charge in [-0.25, -0.2) is 0 Å². The summed E-state index contributed by atoms with van der Waals surface area (Å²) in [6.45, 7) is 0. The normalized spacial score (nSPS) is 10.6. The van der Waals surface area contributed by atoms with E-state index in [-0.39, 0.29) is 34.5 Å². The van der Waals surface area contributed by atoms with Crippen molar-refractivity contribution in [3.63, 3.8) is 0 Å². The molecule has 68 valence electrons. The molecule has 1 aromatic carbocycles. The van der Waals surface area contributed by atoms with Gasteiger partial charge in [-0.05, 0) is 11.6 Å². The topological polar surface area (TPSA) is 54.4 Å². The number of halogens is 1. The molecule has 0 bridgehead atoms. The Labute approximate surface area is 108 Å². The van der Waals surface area contributed by atoms with Crippen molar-refractivity contribution >= 4 is 55.6 Å². The zero-order chi connectivity index (χ0) is 9.19. The van der Waals surface area contributed by atoms with E-state index < -0.39 is 10.1 Å². The first-order valence-corrected chi connectivity index (χ1v) is 5.73. The molecule has 0 aliphatic heterocycles. The van der Waals surface area contributed by atoms with Crippen LogP contribution in [0.2, 0.25) is 0 Å². The molecule has 0 atom stereocenters. The summed E-state index contributed by atoms with van der Waals surface area (Å²) < 4.78 is 30.2. The molecule has 0 amide bonds. The average Bonchev–Trinajstić information content (AvgIpc) is 2.03. The molecule has 1 N–H and O–H groups in total. The second-order valence-electron chi connectivity index (χ2n) is 2.22. The molecule has 0 spiro atoms. The molecular formula is C7H8BrNaO3S. The van der Waals surface area contributed by atoms with Gasteiger partial charge >= 0.3 is 29.6 Å². The Balaban J connectivity index is 0.00000144. The van der Waals surface area contributed by atoms with Crippen molar-refractivity contribution in [2.24, 2.45) is 0 Å². The van der Waals surface area contributed by atoms with Gasteiger partial charge in [-0.3, -0.25) is 4.55 Å². The van der Waals surface area contributed by atoms with Crippen molar-refractivity contribution in [2.45, 2.75) is 10.2 Å². The molecule has 6 heteroatoms. The van der Waals surface area contributed by atoms with Gasteiger partial charge < -0.3 is 0 Å². The molecule has 0 fully saturated rings. The van der Waals surface area contributed by atoms with Gasteiger partial charge in [-0.1, -0.05) is 34.1 Å². The zero-order valence-electron chi connectivity index (χ0n) is 6.07. The molecule has 0 radical (unpaired) electrons. The summed E-state index contributed by atoms with van der Waals surface area (Å²) in [5.74, 6) is 0. The standard InChI is InChI=1S/C7H7BrO3S.Na.H/c8-5-6-3-1-2-4-7(6)12(9,10)11;;/h1-4H,5H2,(H,9,10,11);;. The monoisotopic (exact) mass is 274 g/mol. The van der Waals surface area contributed by atoms with Gasteiger partial charge in [0.15, 0.2) is 0 Å². The summed E-state index contributed by atoms with van der Waals surface area (Å²) in [5, 5.41) is 0.406. The minimum absolute atomic E-state index is 0.